The molecule has 1 aromatic carbocycles. The molecule has 1 atom stereocenters. The zero-order chi connectivity index (χ0) is 19.4. The van der Waals surface area contributed by atoms with Crippen molar-refractivity contribution in [1.82, 2.24) is 19.7 Å². The fraction of sp³-hybridized carbons (Fsp3) is 0.222. The Bertz CT molecular complexity index is 948. The maximum absolute atomic E-state index is 12.5. The summed E-state index contributed by atoms with van der Waals surface area (Å²) < 4.78 is 1.97. The van der Waals surface area contributed by atoms with Crippen molar-refractivity contribution in [1.29, 1.82) is 0 Å². The second-order valence-electron chi connectivity index (χ2n) is 5.66. The topological polar surface area (TPSA) is 72.7 Å². The third kappa shape index (κ3) is 4.61. The van der Waals surface area contributed by atoms with Crippen molar-refractivity contribution in [2.75, 3.05) is 5.32 Å². The SMILES string of the molecule is CCn1c(SC(C)C(=O)Nc2ccc(Cl)cc2Cl)nnc1-c1ccncc1. The number of hydrogen-bond acceptors (Lipinski definition) is 5. The quantitative estimate of drug-likeness (QED) is 0.579. The van der Waals surface area contributed by atoms with E-state index in [1.165, 1.54) is 11.8 Å². The highest BCUT2D eigenvalue weighted by molar-refractivity contribution is 8.00. The van der Waals surface area contributed by atoms with Gasteiger partial charge in [0.05, 0.1) is 16.0 Å². The van der Waals surface area contributed by atoms with Gasteiger partial charge in [0.2, 0.25) is 5.91 Å². The summed E-state index contributed by atoms with van der Waals surface area (Å²) in [4.78, 5) is 16.6. The van der Waals surface area contributed by atoms with E-state index in [4.69, 9.17) is 23.2 Å². The lowest BCUT2D eigenvalue weighted by molar-refractivity contribution is -0.115. The monoisotopic (exact) mass is 421 g/mol. The van der Waals surface area contributed by atoms with Gasteiger partial charge in [-0.3, -0.25) is 9.78 Å². The lowest BCUT2D eigenvalue weighted by Gasteiger charge is -2.13. The molecule has 0 aliphatic rings. The second-order valence-corrected chi connectivity index (χ2v) is 7.81. The van der Waals surface area contributed by atoms with Crippen LogP contribution in [0.25, 0.3) is 11.4 Å². The normalized spacial score (nSPS) is 12.0. The Hall–Kier alpha value is -2.09. The Morgan fingerprint density at radius 3 is 2.63 bits per heavy atom. The van der Waals surface area contributed by atoms with Gasteiger partial charge in [-0.1, -0.05) is 35.0 Å². The lowest BCUT2D eigenvalue weighted by atomic mass is 10.2. The molecule has 27 heavy (non-hydrogen) atoms. The number of halogens is 2. The maximum Gasteiger partial charge on any atom is 0.237 e. The molecular weight excluding hydrogens is 405 g/mol. The molecule has 1 amide bonds. The summed E-state index contributed by atoms with van der Waals surface area (Å²) in [5.74, 6) is 0.566. The van der Waals surface area contributed by atoms with Crippen LogP contribution in [-0.2, 0) is 11.3 Å². The van der Waals surface area contributed by atoms with Crippen molar-refractivity contribution in [3.8, 4) is 11.4 Å². The molecule has 3 aromatic rings. The number of amides is 1. The molecule has 0 saturated heterocycles. The molecule has 3 rings (SSSR count). The van der Waals surface area contributed by atoms with Crippen LogP contribution in [0.1, 0.15) is 13.8 Å². The number of nitrogens with zero attached hydrogens (tertiary/aromatic N) is 4. The zero-order valence-electron chi connectivity index (χ0n) is 14.7. The number of carbonyl (C=O) groups excluding carboxylic acids is 1. The molecule has 2 aromatic heterocycles. The highest BCUT2D eigenvalue weighted by Crippen LogP contribution is 2.29. The number of anilines is 1. The first-order valence-electron chi connectivity index (χ1n) is 8.25. The summed E-state index contributed by atoms with van der Waals surface area (Å²) in [6.45, 7) is 4.51. The predicted molar refractivity (Wildman–Crippen MR) is 109 cm³/mol. The van der Waals surface area contributed by atoms with E-state index < -0.39 is 5.25 Å². The molecule has 0 radical (unpaired) electrons. The van der Waals surface area contributed by atoms with E-state index in [-0.39, 0.29) is 5.91 Å². The molecule has 0 spiro atoms. The molecule has 0 saturated carbocycles. The van der Waals surface area contributed by atoms with Crippen LogP contribution < -0.4 is 5.32 Å². The first-order chi connectivity index (χ1) is 13.0. The van der Waals surface area contributed by atoms with Gasteiger partial charge in [-0.15, -0.1) is 10.2 Å². The van der Waals surface area contributed by atoms with Crippen molar-refractivity contribution in [3.05, 3.63) is 52.8 Å². The van der Waals surface area contributed by atoms with Gasteiger partial charge in [-0.2, -0.15) is 0 Å². The molecule has 0 aliphatic heterocycles. The van der Waals surface area contributed by atoms with E-state index in [1.54, 1.807) is 30.6 Å². The number of hydrogen-bond donors (Lipinski definition) is 1. The van der Waals surface area contributed by atoms with Crippen molar-refractivity contribution < 1.29 is 4.79 Å². The molecule has 0 fully saturated rings. The van der Waals surface area contributed by atoms with Gasteiger partial charge in [0.15, 0.2) is 11.0 Å². The van der Waals surface area contributed by atoms with Crippen LogP contribution in [0.5, 0.6) is 0 Å². The van der Waals surface area contributed by atoms with E-state index in [0.717, 1.165) is 11.4 Å². The summed E-state index contributed by atoms with van der Waals surface area (Å²) in [5, 5.41) is 12.5. The minimum Gasteiger partial charge on any atom is -0.324 e. The van der Waals surface area contributed by atoms with E-state index in [2.05, 4.69) is 20.5 Å². The highest BCUT2D eigenvalue weighted by atomic mass is 35.5. The Morgan fingerprint density at radius 2 is 1.96 bits per heavy atom. The minimum absolute atomic E-state index is 0.180. The van der Waals surface area contributed by atoms with Crippen LogP contribution in [0, 0.1) is 0 Å². The van der Waals surface area contributed by atoms with Crippen LogP contribution in [-0.4, -0.2) is 30.9 Å². The van der Waals surface area contributed by atoms with Gasteiger partial charge in [0, 0.05) is 29.5 Å². The van der Waals surface area contributed by atoms with Crippen molar-refractivity contribution in [3.63, 3.8) is 0 Å². The Kier molecular flexibility index (Phi) is 6.36. The van der Waals surface area contributed by atoms with E-state index in [9.17, 15) is 4.79 Å². The number of carbonyl (C=O) groups is 1. The van der Waals surface area contributed by atoms with Crippen LogP contribution in [0.2, 0.25) is 10.0 Å². The number of pyridine rings is 1. The summed E-state index contributed by atoms with van der Waals surface area (Å²) in [7, 11) is 0. The average molecular weight is 422 g/mol. The molecule has 0 bridgehead atoms. The van der Waals surface area contributed by atoms with Gasteiger partial charge in [-0.05, 0) is 44.2 Å². The summed E-state index contributed by atoms with van der Waals surface area (Å²) >= 11 is 13.3. The Balaban J connectivity index is 1.75. The van der Waals surface area contributed by atoms with Crippen molar-refractivity contribution in [2.24, 2.45) is 0 Å². The van der Waals surface area contributed by atoms with Gasteiger partial charge < -0.3 is 9.88 Å². The lowest BCUT2D eigenvalue weighted by Crippen LogP contribution is -2.23. The predicted octanol–water partition coefficient (Wildman–Crippen LogP) is 4.79. The molecular formula is C18H17Cl2N5OS. The van der Waals surface area contributed by atoms with Crippen LogP contribution in [0.4, 0.5) is 5.69 Å². The van der Waals surface area contributed by atoms with Gasteiger partial charge in [-0.25, -0.2) is 0 Å². The first-order valence-corrected chi connectivity index (χ1v) is 9.89. The zero-order valence-corrected chi connectivity index (χ0v) is 17.0. The number of nitrogens with one attached hydrogen (secondary N) is 1. The Morgan fingerprint density at radius 1 is 1.22 bits per heavy atom. The third-order valence-corrected chi connectivity index (χ3v) is 5.44. The number of rotatable bonds is 6. The molecule has 2 heterocycles. The average Bonchev–Trinajstić information content (AvgIpc) is 3.07. The van der Waals surface area contributed by atoms with Crippen molar-refractivity contribution >= 4 is 46.6 Å². The summed E-state index contributed by atoms with van der Waals surface area (Å²) in [6, 6.07) is 8.70. The van der Waals surface area contributed by atoms with Crippen LogP contribution in [0.3, 0.4) is 0 Å². The Labute approximate surface area is 171 Å². The fourth-order valence-electron chi connectivity index (χ4n) is 2.41. The van der Waals surface area contributed by atoms with Crippen LogP contribution >= 0.6 is 35.0 Å². The number of thioether (sulfide) groups is 1. The molecule has 9 heteroatoms. The molecule has 1 unspecified atom stereocenters. The molecule has 6 nitrogen and oxygen atoms in total. The largest absolute Gasteiger partial charge is 0.324 e. The van der Waals surface area contributed by atoms with Gasteiger partial charge in [0.1, 0.15) is 0 Å². The second kappa shape index (κ2) is 8.73. The minimum atomic E-state index is -0.392. The van der Waals surface area contributed by atoms with Crippen molar-refractivity contribution in [2.45, 2.75) is 30.8 Å². The molecule has 1 N–H and O–H groups in total. The summed E-state index contributed by atoms with van der Waals surface area (Å²) in [5.41, 5.74) is 1.45. The standard InChI is InChI=1S/C18H17Cl2N5OS/c1-3-25-16(12-6-8-21-9-7-12)23-24-18(25)27-11(2)17(26)22-15-5-4-13(19)10-14(15)20/h4-11H,3H2,1-2H3,(H,22,26). The smallest absolute Gasteiger partial charge is 0.237 e. The highest BCUT2D eigenvalue weighted by Gasteiger charge is 2.21. The van der Waals surface area contributed by atoms with Gasteiger partial charge >= 0.3 is 0 Å². The van der Waals surface area contributed by atoms with Crippen LogP contribution in [0.15, 0.2) is 47.9 Å². The van der Waals surface area contributed by atoms with Gasteiger partial charge in [0.25, 0.3) is 0 Å². The maximum atomic E-state index is 12.5. The number of benzene rings is 1. The fourth-order valence-corrected chi connectivity index (χ4v) is 3.78. The third-order valence-electron chi connectivity index (χ3n) is 3.81. The van der Waals surface area contributed by atoms with E-state index >= 15 is 0 Å². The summed E-state index contributed by atoms with van der Waals surface area (Å²) in [6.07, 6.45) is 3.42. The first kappa shape index (κ1) is 19.7. The molecule has 140 valence electrons. The van der Waals surface area contributed by atoms with E-state index in [0.29, 0.717) is 27.4 Å². The molecule has 0 aliphatic carbocycles. The van der Waals surface area contributed by atoms with E-state index in [1.807, 2.05) is 30.5 Å². The number of aromatic nitrogens is 4.